The molecule has 1 rings (SSSR count). The maximum absolute atomic E-state index is 11.9. The van der Waals surface area contributed by atoms with Crippen LogP contribution in [-0.4, -0.2) is 49.2 Å². The molecule has 1 fully saturated rings. The van der Waals surface area contributed by atoms with Crippen LogP contribution in [0.1, 0.15) is 20.8 Å². The zero-order chi connectivity index (χ0) is 10.6. The normalized spacial score (nSPS) is 20.9. The van der Waals surface area contributed by atoms with Gasteiger partial charge in [0.25, 0.3) is 5.91 Å². The Morgan fingerprint density at radius 2 is 2.27 bits per heavy atom. The number of rotatable bonds is 3. The first-order chi connectivity index (χ1) is 6.66. The summed E-state index contributed by atoms with van der Waals surface area (Å²) in [7, 11) is 0. The van der Waals surface area contributed by atoms with E-state index < -0.39 is 0 Å². The molecule has 0 bridgehead atoms. The van der Waals surface area contributed by atoms with Gasteiger partial charge in [0.05, 0.1) is 6.61 Å². The van der Waals surface area contributed by atoms with Crippen LogP contribution >= 0.6 is 12.4 Å². The average Bonchev–Trinajstić information content (AvgIpc) is 2.19. The predicted octanol–water partition coefficient (Wildman–Crippen LogP) is 0.653. The molecule has 4 nitrogen and oxygen atoms in total. The van der Waals surface area contributed by atoms with Crippen molar-refractivity contribution in [3.8, 4) is 0 Å². The van der Waals surface area contributed by atoms with E-state index in [9.17, 15) is 4.79 Å². The number of morpholine rings is 1. The van der Waals surface area contributed by atoms with Gasteiger partial charge in [-0.2, -0.15) is 0 Å². The van der Waals surface area contributed by atoms with Gasteiger partial charge in [-0.1, -0.05) is 0 Å². The first-order valence-electron chi connectivity index (χ1n) is 5.29. The maximum Gasteiger partial charge on any atom is 0.253 e. The highest BCUT2D eigenvalue weighted by Crippen LogP contribution is 2.06. The van der Waals surface area contributed by atoms with Gasteiger partial charge >= 0.3 is 0 Å². The average molecular weight is 237 g/mol. The Labute approximate surface area is 97.8 Å². The van der Waals surface area contributed by atoms with Crippen LogP contribution in [0.3, 0.4) is 0 Å². The summed E-state index contributed by atoms with van der Waals surface area (Å²) < 4.78 is 5.42. The Bertz CT molecular complexity index is 194. The van der Waals surface area contributed by atoms with Gasteiger partial charge in [-0.15, -0.1) is 12.4 Å². The Balaban J connectivity index is 0.00000196. The molecule has 1 atom stereocenters. The molecule has 90 valence electrons. The molecule has 1 amide bonds. The molecule has 0 unspecified atom stereocenters. The van der Waals surface area contributed by atoms with Crippen LogP contribution in [0.2, 0.25) is 0 Å². The monoisotopic (exact) mass is 236 g/mol. The van der Waals surface area contributed by atoms with Crippen molar-refractivity contribution in [3.63, 3.8) is 0 Å². The van der Waals surface area contributed by atoms with E-state index in [1.165, 1.54) is 0 Å². The van der Waals surface area contributed by atoms with Crippen LogP contribution < -0.4 is 5.32 Å². The predicted molar refractivity (Wildman–Crippen MR) is 62.4 cm³/mol. The fourth-order valence-electron chi connectivity index (χ4n) is 1.68. The molecule has 0 spiro atoms. The van der Waals surface area contributed by atoms with E-state index in [0.717, 1.165) is 13.1 Å². The molecule has 15 heavy (non-hydrogen) atoms. The second kappa shape index (κ2) is 7.04. The summed E-state index contributed by atoms with van der Waals surface area (Å²) in [5.74, 6) is 0.106. The lowest BCUT2D eigenvalue weighted by Gasteiger charge is -2.31. The lowest BCUT2D eigenvalue weighted by atomic mass is 10.2. The van der Waals surface area contributed by atoms with Gasteiger partial charge < -0.3 is 15.0 Å². The van der Waals surface area contributed by atoms with E-state index in [0.29, 0.717) is 13.2 Å². The van der Waals surface area contributed by atoms with Gasteiger partial charge in [-0.3, -0.25) is 4.79 Å². The van der Waals surface area contributed by atoms with Gasteiger partial charge in [0.2, 0.25) is 0 Å². The third kappa shape index (κ3) is 3.97. The van der Waals surface area contributed by atoms with E-state index in [4.69, 9.17) is 4.74 Å². The molecule has 1 heterocycles. The van der Waals surface area contributed by atoms with Gasteiger partial charge in [-0.25, -0.2) is 0 Å². The topological polar surface area (TPSA) is 41.6 Å². The molecule has 1 N–H and O–H groups in total. The summed E-state index contributed by atoms with van der Waals surface area (Å²) >= 11 is 0. The molecular weight excluding hydrogens is 216 g/mol. The fraction of sp³-hybridized carbons (Fsp3) is 0.900. The highest BCUT2D eigenvalue weighted by Gasteiger charge is 2.27. The summed E-state index contributed by atoms with van der Waals surface area (Å²) in [6, 6.07) is 0.248. The number of halogens is 1. The van der Waals surface area contributed by atoms with Crippen molar-refractivity contribution in [2.24, 2.45) is 0 Å². The molecule has 0 aliphatic carbocycles. The third-order valence-corrected chi connectivity index (χ3v) is 2.45. The summed E-state index contributed by atoms with van der Waals surface area (Å²) in [5, 5.41) is 3.16. The second-order valence-corrected chi connectivity index (χ2v) is 3.78. The van der Waals surface area contributed by atoms with Crippen LogP contribution in [0.4, 0.5) is 0 Å². The van der Waals surface area contributed by atoms with Gasteiger partial charge in [-0.05, 0) is 20.8 Å². The molecule has 0 aromatic rings. The van der Waals surface area contributed by atoms with Crippen molar-refractivity contribution in [2.45, 2.75) is 32.9 Å². The van der Waals surface area contributed by atoms with Gasteiger partial charge in [0.15, 0.2) is 0 Å². The number of ether oxygens (including phenoxy) is 1. The highest BCUT2D eigenvalue weighted by atomic mass is 35.5. The zero-order valence-corrected chi connectivity index (χ0v) is 10.5. The minimum atomic E-state index is -0.286. The van der Waals surface area contributed by atoms with Crippen LogP contribution in [-0.2, 0) is 9.53 Å². The number of nitrogens with zero attached hydrogens (tertiary/aromatic N) is 1. The van der Waals surface area contributed by atoms with Crippen molar-refractivity contribution >= 4 is 18.3 Å². The molecule has 5 heteroatoms. The Kier molecular flexibility index (Phi) is 6.89. The number of nitrogens with one attached hydrogen (secondary N) is 1. The van der Waals surface area contributed by atoms with Crippen molar-refractivity contribution in [3.05, 3.63) is 0 Å². The van der Waals surface area contributed by atoms with Gasteiger partial charge in [0, 0.05) is 25.7 Å². The largest absolute Gasteiger partial charge is 0.366 e. The summed E-state index contributed by atoms with van der Waals surface area (Å²) in [5.41, 5.74) is 0. The molecule has 1 aliphatic heterocycles. The van der Waals surface area contributed by atoms with E-state index in [-0.39, 0.29) is 30.5 Å². The molecule has 0 saturated carbocycles. The molecule has 1 aliphatic rings. The van der Waals surface area contributed by atoms with E-state index in [1.807, 2.05) is 25.7 Å². The van der Waals surface area contributed by atoms with Gasteiger partial charge in [0.1, 0.15) is 6.10 Å². The van der Waals surface area contributed by atoms with Crippen molar-refractivity contribution in [1.82, 2.24) is 10.2 Å². The molecule has 0 radical (unpaired) electrons. The lowest BCUT2D eigenvalue weighted by molar-refractivity contribution is -0.146. The summed E-state index contributed by atoms with van der Waals surface area (Å²) in [4.78, 5) is 13.8. The highest BCUT2D eigenvalue weighted by molar-refractivity contribution is 5.85. The zero-order valence-electron chi connectivity index (χ0n) is 9.66. The third-order valence-electron chi connectivity index (χ3n) is 2.45. The Morgan fingerprint density at radius 1 is 1.60 bits per heavy atom. The molecule has 0 aromatic carbocycles. The fourth-order valence-corrected chi connectivity index (χ4v) is 1.68. The van der Waals surface area contributed by atoms with Crippen LogP contribution in [0, 0.1) is 0 Å². The van der Waals surface area contributed by atoms with Crippen molar-refractivity contribution in [1.29, 1.82) is 0 Å². The van der Waals surface area contributed by atoms with Crippen molar-refractivity contribution < 1.29 is 9.53 Å². The Morgan fingerprint density at radius 3 is 2.67 bits per heavy atom. The smallest absolute Gasteiger partial charge is 0.253 e. The number of carbonyl (C=O) groups excluding carboxylic acids is 1. The summed E-state index contributed by atoms with van der Waals surface area (Å²) in [6.45, 7) is 8.91. The standard InChI is InChI=1S/C10H20N2O2.ClH/c1-4-12(8(2)3)10(13)9-7-11-5-6-14-9;/h8-9,11H,4-7H2,1-3H3;1H/t9-;/m0./s1. The minimum Gasteiger partial charge on any atom is -0.366 e. The minimum absolute atomic E-state index is 0. The van der Waals surface area contributed by atoms with E-state index in [1.54, 1.807) is 0 Å². The molecule has 1 saturated heterocycles. The van der Waals surface area contributed by atoms with Crippen molar-refractivity contribution in [2.75, 3.05) is 26.2 Å². The lowest BCUT2D eigenvalue weighted by Crippen LogP contribution is -2.51. The number of hydrogen-bond donors (Lipinski definition) is 1. The molecule has 0 aromatic heterocycles. The second-order valence-electron chi connectivity index (χ2n) is 3.78. The number of carbonyl (C=O) groups is 1. The number of amides is 1. The Hall–Kier alpha value is -0.320. The summed E-state index contributed by atoms with van der Waals surface area (Å²) in [6.07, 6.45) is -0.286. The van der Waals surface area contributed by atoms with Crippen LogP contribution in [0.5, 0.6) is 0 Å². The first kappa shape index (κ1) is 14.7. The molecular formula is C10H21ClN2O2. The van der Waals surface area contributed by atoms with Crippen LogP contribution in [0.15, 0.2) is 0 Å². The maximum atomic E-state index is 11.9. The first-order valence-corrected chi connectivity index (χ1v) is 5.29. The number of hydrogen-bond acceptors (Lipinski definition) is 3. The van der Waals surface area contributed by atoms with E-state index in [2.05, 4.69) is 5.32 Å². The van der Waals surface area contributed by atoms with Crippen LogP contribution in [0.25, 0.3) is 0 Å². The van der Waals surface area contributed by atoms with E-state index >= 15 is 0 Å². The quantitative estimate of drug-likeness (QED) is 0.783. The number of likely N-dealkylation sites (N-methyl/N-ethyl adjacent to an activating group) is 1. The SMILES string of the molecule is CCN(C(=O)[C@@H]1CNCCO1)C(C)C.Cl.